The van der Waals surface area contributed by atoms with Gasteiger partial charge >= 0.3 is 12.1 Å². The second-order valence-electron chi connectivity index (χ2n) is 9.04. The van der Waals surface area contributed by atoms with Crippen LogP contribution >= 0.6 is 11.3 Å². The highest BCUT2D eigenvalue weighted by Crippen LogP contribution is 2.43. The molecular formula is C24H25F3N4O3S. The molecule has 35 heavy (non-hydrogen) atoms. The molecule has 1 aliphatic rings. The molecule has 0 radical (unpaired) electrons. The number of aliphatic carboxylic acids is 1. The van der Waals surface area contributed by atoms with E-state index in [1.807, 2.05) is 13.0 Å². The number of halogens is 3. The van der Waals surface area contributed by atoms with Crippen LogP contribution in [0.1, 0.15) is 48.9 Å². The van der Waals surface area contributed by atoms with Gasteiger partial charge in [0.1, 0.15) is 16.3 Å². The number of hydrogen-bond donors (Lipinski definition) is 3. The van der Waals surface area contributed by atoms with Crippen LogP contribution in [0.25, 0.3) is 10.4 Å². The Morgan fingerprint density at radius 1 is 1.14 bits per heavy atom. The van der Waals surface area contributed by atoms with E-state index in [-0.39, 0.29) is 17.8 Å². The van der Waals surface area contributed by atoms with Gasteiger partial charge in [-0.3, -0.25) is 4.79 Å². The van der Waals surface area contributed by atoms with Crippen molar-refractivity contribution in [3.8, 4) is 10.4 Å². The number of carboxylic acids is 1. The van der Waals surface area contributed by atoms with Gasteiger partial charge in [-0.05, 0) is 74.8 Å². The van der Waals surface area contributed by atoms with Gasteiger partial charge in [-0.2, -0.15) is 13.2 Å². The summed E-state index contributed by atoms with van der Waals surface area (Å²) in [5.74, 6) is -1.42. The number of hydrogen-bond acceptors (Lipinski definition) is 7. The quantitative estimate of drug-likeness (QED) is 0.390. The summed E-state index contributed by atoms with van der Waals surface area (Å²) in [6.07, 6.45) is 0.410. The van der Waals surface area contributed by atoms with E-state index in [0.717, 1.165) is 28.3 Å². The van der Waals surface area contributed by atoms with Gasteiger partial charge in [-0.1, -0.05) is 6.07 Å². The van der Waals surface area contributed by atoms with Gasteiger partial charge in [-0.25, -0.2) is 15.0 Å². The third kappa shape index (κ3) is 5.62. The molecule has 0 spiro atoms. The highest BCUT2D eigenvalue weighted by atomic mass is 32.1. The van der Waals surface area contributed by atoms with Gasteiger partial charge in [0.2, 0.25) is 5.95 Å². The molecule has 2 aromatic heterocycles. The average molecular weight is 507 g/mol. The minimum Gasteiger partial charge on any atom is -0.481 e. The number of benzene rings is 1. The monoisotopic (exact) mass is 506 g/mol. The first-order valence-corrected chi connectivity index (χ1v) is 12.0. The van der Waals surface area contributed by atoms with Gasteiger partial charge in [0.25, 0.3) is 0 Å². The fraction of sp³-hybridized carbons (Fsp3) is 0.417. The summed E-state index contributed by atoms with van der Waals surface area (Å²) in [5, 5.41) is 23.9. The minimum absolute atomic E-state index is 0.0927. The maximum Gasteiger partial charge on any atom is 0.433 e. The Morgan fingerprint density at radius 3 is 2.51 bits per heavy atom. The highest BCUT2D eigenvalue weighted by Gasteiger charge is 2.40. The van der Waals surface area contributed by atoms with Crippen LogP contribution in [0.15, 0.2) is 36.7 Å². The Labute approximate surface area is 204 Å². The van der Waals surface area contributed by atoms with Crippen LogP contribution in [0.3, 0.4) is 0 Å². The lowest BCUT2D eigenvalue weighted by Crippen LogP contribution is -2.35. The van der Waals surface area contributed by atoms with Crippen LogP contribution in [-0.4, -0.2) is 31.1 Å². The van der Waals surface area contributed by atoms with Crippen molar-refractivity contribution in [2.24, 2.45) is 11.8 Å². The number of aryl methyl sites for hydroxylation is 1. The Morgan fingerprint density at radius 2 is 1.86 bits per heavy atom. The summed E-state index contributed by atoms with van der Waals surface area (Å²) < 4.78 is 38.9. The predicted octanol–water partition coefficient (Wildman–Crippen LogP) is 5.77. The molecule has 0 bridgehead atoms. The summed E-state index contributed by atoms with van der Waals surface area (Å²) in [4.78, 5) is 23.9. The first-order chi connectivity index (χ1) is 16.4. The summed E-state index contributed by atoms with van der Waals surface area (Å²) in [5.41, 5.74) is -0.0506. The molecule has 3 N–H and O–H groups in total. The highest BCUT2D eigenvalue weighted by molar-refractivity contribution is 7.15. The van der Waals surface area contributed by atoms with Gasteiger partial charge in [0.15, 0.2) is 0 Å². The number of rotatable bonds is 6. The smallest absolute Gasteiger partial charge is 0.433 e. The maximum atomic E-state index is 13.0. The number of carbonyl (C=O) groups is 1. The van der Waals surface area contributed by atoms with Crippen molar-refractivity contribution in [1.29, 1.82) is 0 Å². The zero-order valence-electron chi connectivity index (χ0n) is 19.1. The number of alkyl halides is 3. The topological polar surface area (TPSA) is 108 Å². The number of thiazole rings is 1. The fourth-order valence-electron chi connectivity index (χ4n) is 4.42. The molecule has 1 atom stereocenters. The molecule has 1 aromatic carbocycles. The Kier molecular flexibility index (Phi) is 6.83. The summed E-state index contributed by atoms with van der Waals surface area (Å²) in [6, 6.07) is 6.26. The molecule has 0 amide bonds. The van der Waals surface area contributed by atoms with Crippen molar-refractivity contribution >= 4 is 28.9 Å². The van der Waals surface area contributed by atoms with Crippen LogP contribution < -0.4 is 5.32 Å². The van der Waals surface area contributed by atoms with Crippen molar-refractivity contribution in [3.63, 3.8) is 0 Å². The molecule has 3 aromatic rings. The zero-order chi connectivity index (χ0) is 25.4. The van der Waals surface area contributed by atoms with Crippen molar-refractivity contribution in [1.82, 2.24) is 15.0 Å². The third-order valence-corrected chi connectivity index (χ3v) is 7.65. The normalized spacial score (nSPS) is 20.3. The number of nitrogens with zero attached hydrogens (tertiary/aromatic N) is 3. The van der Waals surface area contributed by atoms with Crippen molar-refractivity contribution in [3.05, 3.63) is 52.9 Å². The van der Waals surface area contributed by atoms with Crippen LogP contribution in [-0.2, 0) is 16.6 Å². The molecule has 186 valence electrons. The molecule has 11 heteroatoms. The number of carboxylic acid groups (broad SMARTS) is 1. The first-order valence-electron chi connectivity index (χ1n) is 11.1. The van der Waals surface area contributed by atoms with Crippen molar-refractivity contribution in [2.75, 3.05) is 5.32 Å². The first kappa shape index (κ1) is 25.1. The van der Waals surface area contributed by atoms with E-state index in [0.29, 0.717) is 36.4 Å². The number of anilines is 2. The van der Waals surface area contributed by atoms with Crippen molar-refractivity contribution < 1.29 is 28.2 Å². The second kappa shape index (κ2) is 9.54. The summed E-state index contributed by atoms with van der Waals surface area (Å²) in [7, 11) is 0. The molecule has 4 rings (SSSR count). The van der Waals surface area contributed by atoms with Gasteiger partial charge in [-0.15, -0.1) is 11.3 Å². The van der Waals surface area contributed by atoms with Crippen LogP contribution in [0, 0.1) is 18.8 Å². The van der Waals surface area contributed by atoms with E-state index in [1.54, 1.807) is 25.3 Å². The Bertz CT molecular complexity index is 1220. The predicted molar refractivity (Wildman–Crippen MR) is 125 cm³/mol. The third-order valence-electron chi connectivity index (χ3n) is 6.37. The number of aliphatic hydroxyl groups is 1. The van der Waals surface area contributed by atoms with E-state index >= 15 is 0 Å². The molecule has 1 aliphatic carbocycles. The Hall–Kier alpha value is -3.05. The lowest BCUT2D eigenvalue weighted by molar-refractivity contribution is -0.144. The Balaban J connectivity index is 1.54. The summed E-state index contributed by atoms with van der Waals surface area (Å²) >= 11 is 1.34. The number of nitrogens with one attached hydrogen (secondary N) is 1. The van der Waals surface area contributed by atoms with E-state index in [2.05, 4.69) is 20.3 Å². The summed E-state index contributed by atoms with van der Waals surface area (Å²) in [6.45, 7) is 3.58. The van der Waals surface area contributed by atoms with Crippen molar-refractivity contribution in [2.45, 2.75) is 51.3 Å². The lowest BCUT2D eigenvalue weighted by atomic mass is 9.74. The van der Waals surface area contributed by atoms with E-state index < -0.39 is 23.4 Å². The molecule has 1 unspecified atom stereocenters. The molecular weight excluding hydrogens is 481 g/mol. The number of aromatic nitrogens is 3. The molecule has 1 fully saturated rings. The SMILES string of the molecule is Cc1cc(Nc2nccc(C(F)(F)F)n2)cc(-c2cnc(C(C)(O)[C@H]3CC[C@H](C(=O)O)CC3)s2)c1. The largest absolute Gasteiger partial charge is 0.481 e. The lowest BCUT2D eigenvalue weighted by Gasteiger charge is -2.35. The van der Waals surface area contributed by atoms with Crippen LogP contribution in [0.4, 0.5) is 24.8 Å². The molecule has 0 aliphatic heterocycles. The molecule has 7 nitrogen and oxygen atoms in total. The average Bonchev–Trinajstić information content (AvgIpc) is 3.30. The van der Waals surface area contributed by atoms with Crippen LogP contribution in [0.5, 0.6) is 0 Å². The van der Waals surface area contributed by atoms with Crippen LogP contribution in [0.2, 0.25) is 0 Å². The van der Waals surface area contributed by atoms with E-state index in [4.69, 9.17) is 0 Å². The second-order valence-corrected chi connectivity index (χ2v) is 10.1. The zero-order valence-corrected chi connectivity index (χ0v) is 20.0. The molecule has 0 saturated heterocycles. The fourth-order valence-corrected chi connectivity index (χ4v) is 5.45. The standard InChI is InChI=1S/C24H25F3N4O3S/c1-13-9-15(11-17(10-13)30-22-28-8-7-19(31-22)24(25,26)27)18-12-29-21(35-18)23(2,34)16-5-3-14(4-6-16)20(32)33/h7-12,14,16,34H,3-6H2,1-2H3,(H,32,33)(H,28,30,31)/t14-,16-,23?. The van der Waals surface area contributed by atoms with E-state index in [9.17, 15) is 28.2 Å². The maximum absolute atomic E-state index is 13.0. The van der Waals surface area contributed by atoms with E-state index in [1.165, 1.54) is 11.3 Å². The van der Waals surface area contributed by atoms with Gasteiger partial charge in [0, 0.05) is 18.1 Å². The molecule has 1 saturated carbocycles. The molecule has 2 heterocycles. The minimum atomic E-state index is -4.57. The van der Waals surface area contributed by atoms with Gasteiger partial charge in [0.05, 0.1) is 10.8 Å². The van der Waals surface area contributed by atoms with Gasteiger partial charge < -0.3 is 15.5 Å².